The fourth-order valence-electron chi connectivity index (χ4n) is 2.37. The highest BCUT2D eigenvalue weighted by atomic mass is 16.5. The molecule has 96 valence electrons. The molecule has 1 aliphatic heterocycles. The second kappa shape index (κ2) is 5.74. The molecule has 1 N–H and O–H groups in total. The van der Waals surface area contributed by atoms with Crippen molar-refractivity contribution in [1.82, 2.24) is 0 Å². The van der Waals surface area contributed by atoms with E-state index in [0.29, 0.717) is 0 Å². The molecule has 1 heterocycles. The molecule has 0 bridgehead atoms. The van der Waals surface area contributed by atoms with Gasteiger partial charge in [-0.15, -0.1) is 0 Å². The van der Waals surface area contributed by atoms with Gasteiger partial charge in [-0.25, -0.2) is 0 Å². The van der Waals surface area contributed by atoms with Crippen molar-refractivity contribution < 1.29 is 9.64 Å². The average molecular weight is 246 g/mol. The van der Waals surface area contributed by atoms with Crippen LogP contribution in [0.1, 0.15) is 6.92 Å². The van der Waals surface area contributed by atoms with Crippen LogP contribution in [-0.2, 0) is 0 Å². The molecule has 2 rings (SSSR count). The summed E-state index contributed by atoms with van der Waals surface area (Å²) < 4.78 is 5.16. The van der Waals surface area contributed by atoms with Crippen LogP contribution in [0.25, 0.3) is 0 Å². The highest BCUT2D eigenvalue weighted by Gasteiger charge is 2.24. The number of quaternary nitrogens is 1. The maximum atomic E-state index is 8.93. The molecular weight excluding hydrogens is 226 g/mol. The molecule has 18 heavy (non-hydrogen) atoms. The summed E-state index contributed by atoms with van der Waals surface area (Å²) >= 11 is 0. The van der Waals surface area contributed by atoms with Crippen LogP contribution < -0.4 is 14.5 Å². The molecule has 0 amide bonds. The molecule has 0 spiro atoms. The number of methoxy groups -OCH3 is 1. The standard InChI is InChI=1S/C14H19N3O/c1-12(11-15)16-7-9-17(10-8-16)13-3-5-14(18-2)6-4-13/h3-6,12H,7-10H2,1-2H3/p+1/t12-/m0/s1. The van der Waals surface area contributed by atoms with Crippen LogP contribution in [-0.4, -0.2) is 39.3 Å². The second-order valence-electron chi connectivity index (χ2n) is 4.69. The van der Waals surface area contributed by atoms with E-state index in [1.807, 2.05) is 19.1 Å². The molecular formula is C14H20N3O+. The van der Waals surface area contributed by atoms with Gasteiger partial charge < -0.3 is 14.5 Å². The van der Waals surface area contributed by atoms with Crippen molar-refractivity contribution >= 4 is 5.69 Å². The summed E-state index contributed by atoms with van der Waals surface area (Å²) in [6.45, 7) is 6.07. The fraction of sp³-hybridized carbons (Fsp3) is 0.500. The van der Waals surface area contributed by atoms with E-state index < -0.39 is 0 Å². The number of rotatable bonds is 3. The number of nitrogens with one attached hydrogen (secondary N) is 1. The van der Waals surface area contributed by atoms with Crippen molar-refractivity contribution in [2.75, 3.05) is 38.2 Å². The zero-order chi connectivity index (χ0) is 13.0. The van der Waals surface area contributed by atoms with E-state index >= 15 is 0 Å². The minimum Gasteiger partial charge on any atom is -0.497 e. The fourth-order valence-corrected chi connectivity index (χ4v) is 2.37. The first-order chi connectivity index (χ1) is 8.74. The van der Waals surface area contributed by atoms with Crippen molar-refractivity contribution in [3.05, 3.63) is 24.3 Å². The Hall–Kier alpha value is -1.73. The van der Waals surface area contributed by atoms with Crippen molar-refractivity contribution in [2.24, 2.45) is 0 Å². The van der Waals surface area contributed by atoms with Gasteiger partial charge in [0.05, 0.1) is 33.3 Å². The van der Waals surface area contributed by atoms with E-state index in [0.717, 1.165) is 31.9 Å². The molecule has 1 aliphatic rings. The Morgan fingerprint density at radius 2 is 1.89 bits per heavy atom. The van der Waals surface area contributed by atoms with E-state index in [4.69, 9.17) is 10.00 Å². The van der Waals surface area contributed by atoms with Gasteiger partial charge in [-0.1, -0.05) is 0 Å². The molecule has 0 saturated carbocycles. The summed E-state index contributed by atoms with van der Waals surface area (Å²) in [5, 5.41) is 8.93. The first-order valence-corrected chi connectivity index (χ1v) is 6.38. The zero-order valence-electron chi connectivity index (χ0n) is 11.0. The second-order valence-corrected chi connectivity index (χ2v) is 4.69. The average Bonchev–Trinajstić information content (AvgIpc) is 2.47. The van der Waals surface area contributed by atoms with Gasteiger partial charge in [0.1, 0.15) is 11.8 Å². The third-order valence-electron chi connectivity index (χ3n) is 3.65. The predicted octanol–water partition coefficient (Wildman–Crippen LogP) is 0.312. The number of hydrogen-bond donors (Lipinski definition) is 1. The van der Waals surface area contributed by atoms with Gasteiger partial charge in [-0.05, 0) is 24.3 Å². The third kappa shape index (κ3) is 2.74. The smallest absolute Gasteiger partial charge is 0.172 e. The Morgan fingerprint density at radius 3 is 2.39 bits per heavy atom. The molecule has 0 unspecified atom stereocenters. The Morgan fingerprint density at radius 1 is 1.28 bits per heavy atom. The number of anilines is 1. The lowest BCUT2D eigenvalue weighted by molar-refractivity contribution is -0.915. The summed E-state index contributed by atoms with van der Waals surface area (Å²) in [7, 11) is 1.68. The maximum absolute atomic E-state index is 8.93. The summed E-state index contributed by atoms with van der Waals surface area (Å²) in [5.41, 5.74) is 1.24. The summed E-state index contributed by atoms with van der Waals surface area (Å²) in [6.07, 6.45) is 0. The summed E-state index contributed by atoms with van der Waals surface area (Å²) in [4.78, 5) is 3.76. The number of nitrogens with zero attached hydrogens (tertiary/aromatic N) is 2. The summed E-state index contributed by atoms with van der Waals surface area (Å²) in [6, 6.07) is 10.6. The van der Waals surface area contributed by atoms with Crippen LogP contribution in [0.4, 0.5) is 5.69 Å². The monoisotopic (exact) mass is 246 g/mol. The van der Waals surface area contributed by atoms with Gasteiger partial charge in [-0.2, -0.15) is 5.26 Å². The summed E-state index contributed by atoms with van der Waals surface area (Å²) in [5.74, 6) is 0.890. The highest BCUT2D eigenvalue weighted by Crippen LogP contribution is 2.18. The molecule has 0 aromatic heterocycles. The van der Waals surface area contributed by atoms with Gasteiger partial charge in [0.15, 0.2) is 6.04 Å². The van der Waals surface area contributed by atoms with Crippen molar-refractivity contribution in [3.8, 4) is 11.8 Å². The maximum Gasteiger partial charge on any atom is 0.172 e. The Bertz CT molecular complexity index is 416. The molecule has 4 heteroatoms. The quantitative estimate of drug-likeness (QED) is 0.834. The normalized spacial score (nSPS) is 18.2. The van der Waals surface area contributed by atoms with Gasteiger partial charge in [-0.3, -0.25) is 0 Å². The van der Waals surface area contributed by atoms with Crippen LogP contribution >= 0.6 is 0 Å². The molecule has 1 aromatic rings. The SMILES string of the molecule is COc1ccc(N2CC[NH+]([C@@H](C)C#N)CC2)cc1. The van der Waals surface area contributed by atoms with Crippen LogP contribution in [0.5, 0.6) is 5.75 Å². The number of benzene rings is 1. The Balaban J connectivity index is 1.95. The first-order valence-electron chi connectivity index (χ1n) is 6.38. The number of ether oxygens (including phenoxy) is 1. The van der Waals surface area contributed by atoms with E-state index in [1.165, 1.54) is 10.6 Å². The van der Waals surface area contributed by atoms with Crippen LogP contribution in [0.2, 0.25) is 0 Å². The molecule has 4 nitrogen and oxygen atoms in total. The lowest BCUT2D eigenvalue weighted by Gasteiger charge is -2.34. The lowest BCUT2D eigenvalue weighted by atomic mass is 10.2. The van der Waals surface area contributed by atoms with Crippen molar-refractivity contribution in [1.29, 1.82) is 5.26 Å². The molecule has 1 atom stereocenters. The van der Waals surface area contributed by atoms with Gasteiger partial charge in [0.2, 0.25) is 0 Å². The zero-order valence-corrected chi connectivity index (χ0v) is 11.0. The predicted molar refractivity (Wildman–Crippen MR) is 71.0 cm³/mol. The topological polar surface area (TPSA) is 40.7 Å². The van der Waals surface area contributed by atoms with Crippen molar-refractivity contribution in [3.63, 3.8) is 0 Å². The minimum absolute atomic E-state index is 0.100. The van der Waals surface area contributed by atoms with E-state index in [-0.39, 0.29) is 6.04 Å². The molecule has 1 fully saturated rings. The van der Waals surface area contributed by atoms with Crippen LogP contribution in [0.3, 0.4) is 0 Å². The molecule has 1 saturated heterocycles. The molecule has 0 radical (unpaired) electrons. The van der Waals surface area contributed by atoms with Gasteiger partial charge in [0, 0.05) is 12.6 Å². The molecule has 1 aromatic carbocycles. The van der Waals surface area contributed by atoms with Crippen LogP contribution in [0.15, 0.2) is 24.3 Å². The van der Waals surface area contributed by atoms with E-state index in [1.54, 1.807) is 7.11 Å². The van der Waals surface area contributed by atoms with Gasteiger partial charge >= 0.3 is 0 Å². The Kier molecular flexibility index (Phi) is 4.06. The van der Waals surface area contributed by atoms with Crippen LogP contribution in [0, 0.1) is 11.3 Å². The number of hydrogen-bond acceptors (Lipinski definition) is 3. The number of piperazine rings is 1. The van der Waals surface area contributed by atoms with Crippen molar-refractivity contribution in [2.45, 2.75) is 13.0 Å². The lowest BCUT2D eigenvalue weighted by Crippen LogP contribution is -3.17. The highest BCUT2D eigenvalue weighted by molar-refractivity contribution is 5.49. The molecule has 0 aliphatic carbocycles. The Labute approximate surface area is 108 Å². The number of nitriles is 1. The first kappa shape index (κ1) is 12.7. The van der Waals surface area contributed by atoms with E-state index in [2.05, 4.69) is 23.1 Å². The largest absolute Gasteiger partial charge is 0.497 e. The van der Waals surface area contributed by atoms with Gasteiger partial charge in [0.25, 0.3) is 0 Å². The minimum atomic E-state index is 0.100. The van der Waals surface area contributed by atoms with E-state index in [9.17, 15) is 0 Å². The third-order valence-corrected chi connectivity index (χ3v) is 3.65.